The molecular weight excluding hydrogens is 274 g/mol. The van der Waals surface area contributed by atoms with Crippen LogP contribution < -0.4 is 10.5 Å². The maximum absolute atomic E-state index is 12.6. The fourth-order valence-corrected chi connectivity index (χ4v) is 3.30. The first-order chi connectivity index (χ1) is 9.65. The van der Waals surface area contributed by atoms with E-state index in [0.29, 0.717) is 11.8 Å². The summed E-state index contributed by atoms with van der Waals surface area (Å²) in [6, 6.07) is 10.6. The number of anilines is 1. The zero-order valence-electron chi connectivity index (χ0n) is 10.9. The Morgan fingerprint density at radius 3 is 2.90 bits per heavy atom. The van der Waals surface area contributed by atoms with Gasteiger partial charge >= 0.3 is 0 Å². The van der Waals surface area contributed by atoms with E-state index in [4.69, 9.17) is 0 Å². The van der Waals surface area contributed by atoms with Gasteiger partial charge in [0.15, 0.2) is 0 Å². The van der Waals surface area contributed by atoms with Crippen molar-refractivity contribution in [2.24, 2.45) is 0 Å². The van der Waals surface area contributed by atoms with Gasteiger partial charge in [-0.25, -0.2) is 5.10 Å². The van der Waals surface area contributed by atoms with Crippen molar-refractivity contribution in [3.8, 4) is 0 Å². The largest absolute Gasteiger partial charge is 0.305 e. The van der Waals surface area contributed by atoms with Gasteiger partial charge in [-0.15, -0.1) is 11.8 Å². The molecule has 5 nitrogen and oxygen atoms in total. The predicted molar refractivity (Wildman–Crippen MR) is 78.3 cm³/mol. The molecule has 6 heteroatoms. The second kappa shape index (κ2) is 5.13. The fourth-order valence-electron chi connectivity index (χ4n) is 2.18. The molecule has 1 amide bonds. The van der Waals surface area contributed by atoms with Crippen molar-refractivity contribution in [2.75, 3.05) is 11.4 Å². The molecule has 3 rings (SSSR count). The molecule has 1 aromatic heterocycles. The van der Waals surface area contributed by atoms with Gasteiger partial charge in [0.05, 0.1) is 5.69 Å². The Morgan fingerprint density at radius 1 is 1.35 bits per heavy atom. The van der Waals surface area contributed by atoms with Crippen molar-refractivity contribution in [1.29, 1.82) is 0 Å². The van der Waals surface area contributed by atoms with Gasteiger partial charge in [0.1, 0.15) is 5.69 Å². The molecule has 1 unspecified atom stereocenters. The second-order valence-corrected chi connectivity index (χ2v) is 6.10. The van der Waals surface area contributed by atoms with Gasteiger partial charge in [-0.2, -0.15) is 5.10 Å². The number of aromatic amines is 1. The van der Waals surface area contributed by atoms with Crippen LogP contribution in [-0.2, 0) is 0 Å². The summed E-state index contributed by atoms with van der Waals surface area (Å²) in [7, 11) is 0. The number of carbonyl (C=O) groups excluding carboxylic acids is 1. The van der Waals surface area contributed by atoms with Crippen LogP contribution in [0.2, 0.25) is 0 Å². The summed E-state index contributed by atoms with van der Waals surface area (Å²) < 4.78 is 0. The topological polar surface area (TPSA) is 66.1 Å². The Morgan fingerprint density at radius 2 is 2.15 bits per heavy atom. The number of benzene rings is 1. The van der Waals surface area contributed by atoms with Crippen LogP contribution in [-0.4, -0.2) is 27.9 Å². The minimum atomic E-state index is -0.315. The molecule has 0 saturated carbocycles. The number of H-pyrrole nitrogens is 1. The standard InChI is InChI=1S/C14H13N3O2S/c1-9-8-17(11-4-2-3-5-12(11)20-9)14(19)10-6-7-13(18)16-15-10/h2-7,9H,8H2,1H3,(H,16,18). The molecule has 0 aliphatic carbocycles. The Balaban J connectivity index is 1.99. The van der Waals surface area contributed by atoms with E-state index >= 15 is 0 Å². The normalized spacial score (nSPS) is 17.6. The third-order valence-corrected chi connectivity index (χ3v) is 4.22. The monoisotopic (exact) mass is 287 g/mol. The average Bonchev–Trinajstić information content (AvgIpc) is 2.46. The summed E-state index contributed by atoms with van der Waals surface area (Å²) >= 11 is 1.76. The van der Waals surface area contributed by atoms with Crippen LogP contribution in [0.5, 0.6) is 0 Å². The summed E-state index contributed by atoms with van der Waals surface area (Å²) in [6.07, 6.45) is 0. The second-order valence-electron chi connectivity index (χ2n) is 4.62. The summed E-state index contributed by atoms with van der Waals surface area (Å²) in [5.41, 5.74) is 0.830. The first-order valence-electron chi connectivity index (χ1n) is 6.28. The van der Waals surface area contributed by atoms with Crippen LogP contribution in [0.15, 0.2) is 46.1 Å². The maximum atomic E-state index is 12.6. The summed E-state index contributed by atoms with van der Waals surface area (Å²) in [4.78, 5) is 26.4. The number of nitrogens with one attached hydrogen (secondary N) is 1. The molecule has 2 aromatic rings. The minimum Gasteiger partial charge on any atom is -0.305 e. The molecule has 102 valence electrons. The zero-order valence-corrected chi connectivity index (χ0v) is 11.7. The maximum Gasteiger partial charge on any atom is 0.278 e. The van der Waals surface area contributed by atoms with Gasteiger partial charge in [0.25, 0.3) is 11.5 Å². The quantitative estimate of drug-likeness (QED) is 0.870. The molecule has 1 aromatic carbocycles. The molecule has 20 heavy (non-hydrogen) atoms. The Hall–Kier alpha value is -2.08. The number of amides is 1. The van der Waals surface area contributed by atoms with E-state index in [1.165, 1.54) is 12.1 Å². The molecular formula is C14H13N3O2S. The number of fused-ring (bicyclic) bond motifs is 1. The summed E-state index contributed by atoms with van der Waals surface area (Å²) in [6.45, 7) is 2.71. The van der Waals surface area contributed by atoms with Crippen LogP contribution in [0.3, 0.4) is 0 Å². The number of aromatic nitrogens is 2. The number of carbonyl (C=O) groups is 1. The number of rotatable bonds is 1. The van der Waals surface area contributed by atoms with Gasteiger partial charge < -0.3 is 4.90 Å². The van der Waals surface area contributed by atoms with Gasteiger partial charge in [0.2, 0.25) is 0 Å². The molecule has 1 atom stereocenters. The molecule has 0 radical (unpaired) electrons. The number of hydrogen-bond acceptors (Lipinski definition) is 4. The first-order valence-corrected chi connectivity index (χ1v) is 7.16. The molecule has 1 N–H and O–H groups in total. The lowest BCUT2D eigenvalue weighted by Gasteiger charge is -2.32. The third kappa shape index (κ3) is 2.34. The van der Waals surface area contributed by atoms with E-state index in [1.54, 1.807) is 16.7 Å². The first kappa shape index (κ1) is 12.9. The Kier molecular flexibility index (Phi) is 3.31. The van der Waals surface area contributed by atoms with E-state index in [1.807, 2.05) is 24.3 Å². The van der Waals surface area contributed by atoms with Crippen LogP contribution in [0.25, 0.3) is 0 Å². The number of thioether (sulfide) groups is 1. The predicted octanol–water partition coefficient (Wildman–Crippen LogP) is 1.91. The SMILES string of the molecule is CC1CN(C(=O)c2ccc(=O)[nH]n2)c2ccccc2S1. The minimum absolute atomic E-state index is 0.194. The van der Waals surface area contributed by atoms with E-state index < -0.39 is 0 Å². The highest BCUT2D eigenvalue weighted by Crippen LogP contribution is 2.38. The van der Waals surface area contributed by atoms with Crippen molar-refractivity contribution in [3.63, 3.8) is 0 Å². The molecule has 2 heterocycles. The van der Waals surface area contributed by atoms with Crippen molar-refractivity contribution in [2.45, 2.75) is 17.1 Å². The van der Waals surface area contributed by atoms with Crippen LogP contribution in [0.4, 0.5) is 5.69 Å². The van der Waals surface area contributed by atoms with Gasteiger partial charge in [-0.3, -0.25) is 9.59 Å². The highest BCUT2D eigenvalue weighted by atomic mass is 32.2. The summed E-state index contributed by atoms with van der Waals surface area (Å²) in [5.74, 6) is -0.194. The lowest BCUT2D eigenvalue weighted by Crippen LogP contribution is -2.39. The number of para-hydroxylation sites is 1. The van der Waals surface area contributed by atoms with Crippen molar-refractivity contribution in [3.05, 3.63) is 52.4 Å². The Labute approximate surface area is 120 Å². The van der Waals surface area contributed by atoms with Crippen molar-refractivity contribution >= 4 is 23.4 Å². The van der Waals surface area contributed by atoms with Gasteiger partial charge in [-0.05, 0) is 18.2 Å². The van der Waals surface area contributed by atoms with Gasteiger partial charge in [0, 0.05) is 22.8 Å². The molecule has 0 fully saturated rings. The van der Waals surface area contributed by atoms with Crippen LogP contribution in [0, 0.1) is 0 Å². The molecule has 0 saturated heterocycles. The van der Waals surface area contributed by atoms with Crippen LogP contribution in [0.1, 0.15) is 17.4 Å². The molecule has 1 aliphatic heterocycles. The molecule has 1 aliphatic rings. The fraction of sp³-hybridized carbons (Fsp3) is 0.214. The highest BCUT2D eigenvalue weighted by molar-refractivity contribution is 8.00. The number of hydrogen-bond donors (Lipinski definition) is 1. The van der Waals surface area contributed by atoms with E-state index in [2.05, 4.69) is 17.1 Å². The van der Waals surface area contributed by atoms with Crippen molar-refractivity contribution in [1.82, 2.24) is 10.2 Å². The zero-order chi connectivity index (χ0) is 14.1. The lowest BCUT2D eigenvalue weighted by molar-refractivity contribution is 0.0980. The molecule has 0 spiro atoms. The average molecular weight is 287 g/mol. The van der Waals surface area contributed by atoms with Gasteiger partial charge in [-0.1, -0.05) is 19.1 Å². The van der Waals surface area contributed by atoms with Crippen molar-refractivity contribution < 1.29 is 4.79 Å². The molecule has 0 bridgehead atoms. The number of nitrogens with zero attached hydrogens (tertiary/aromatic N) is 2. The third-order valence-electron chi connectivity index (χ3n) is 3.07. The smallest absolute Gasteiger partial charge is 0.278 e. The lowest BCUT2D eigenvalue weighted by atomic mass is 10.2. The van der Waals surface area contributed by atoms with E-state index in [-0.39, 0.29) is 17.2 Å². The van der Waals surface area contributed by atoms with E-state index in [9.17, 15) is 9.59 Å². The highest BCUT2D eigenvalue weighted by Gasteiger charge is 2.28. The van der Waals surface area contributed by atoms with E-state index in [0.717, 1.165) is 10.6 Å². The Bertz CT molecular complexity index is 693. The van der Waals surface area contributed by atoms with Crippen LogP contribution >= 0.6 is 11.8 Å². The summed E-state index contributed by atoms with van der Waals surface area (Å²) in [5, 5.41) is 6.43.